The van der Waals surface area contributed by atoms with E-state index in [9.17, 15) is 13.2 Å². The lowest BCUT2D eigenvalue weighted by atomic mass is 10.3. The molecule has 0 amide bonds. The molecule has 0 aromatic carbocycles. The van der Waals surface area contributed by atoms with E-state index in [0.717, 1.165) is 24.4 Å². The number of esters is 1. The third-order valence-corrected chi connectivity index (χ3v) is 6.08. The van der Waals surface area contributed by atoms with E-state index >= 15 is 0 Å². The lowest BCUT2D eigenvalue weighted by molar-refractivity contribution is 0.0602. The minimum Gasteiger partial charge on any atom is -0.465 e. The SMILES string of the molecule is COC(=O)c1scc(C)c1S(=O)(=O)NN1CCN(C)CC1. The van der Waals surface area contributed by atoms with Gasteiger partial charge in [0.25, 0.3) is 10.0 Å². The summed E-state index contributed by atoms with van der Waals surface area (Å²) in [5, 5.41) is 3.30. The zero-order valence-corrected chi connectivity index (χ0v) is 13.9. The average Bonchev–Trinajstić information content (AvgIpc) is 2.83. The maximum absolute atomic E-state index is 12.5. The number of carbonyl (C=O) groups excluding carboxylic acids is 1. The predicted molar refractivity (Wildman–Crippen MR) is 79.8 cm³/mol. The zero-order valence-electron chi connectivity index (χ0n) is 12.2. The Hall–Kier alpha value is -1.00. The molecule has 21 heavy (non-hydrogen) atoms. The number of sulfonamides is 1. The Balaban J connectivity index is 2.24. The Bertz CT molecular complexity index is 618. The first-order valence-corrected chi connectivity index (χ1v) is 8.84. The molecule has 9 heteroatoms. The number of ether oxygens (including phenoxy) is 1. The van der Waals surface area contributed by atoms with Crippen LogP contribution in [-0.2, 0) is 14.8 Å². The van der Waals surface area contributed by atoms with Gasteiger partial charge >= 0.3 is 5.97 Å². The molecule has 0 bridgehead atoms. The molecule has 1 saturated heterocycles. The lowest BCUT2D eigenvalue weighted by Crippen LogP contribution is -2.52. The van der Waals surface area contributed by atoms with Crippen LogP contribution in [0.2, 0.25) is 0 Å². The van der Waals surface area contributed by atoms with Crippen LogP contribution in [0, 0.1) is 6.92 Å². The van der Waals surface area contributed by atoms with Crippen molar-refractivity contribution < 1.29 is 17.9 Å². The van der Waals surface area contributed by atoms with E-state index in [1.165, 1.54) is 7.11 Å². The molecule has 0 aliphatic carbocycles. The van der Waals surface area contributed by atoms with Crippen LogP contribution < -0.4 is 4.83 Å². The fourth-order valence-electron chi connectivity index (χ4n) is 2.11. The summed E-state index contributed by atoms with van der Waals surface area (Å²) < 4.78 is 29.7. The van der Waals surface area contributed by atoms with Crippen molar-refractivity contribution in [1.82, 2.24) is 14.7 Å². The predicted octanol–water partition coefficient (Wildman–Crippen LogP) is 0.284. The van der Waals surface area contributed by atoms with E-state index in [0.29, 0.717) is 18.7 Å². The van der Waals surface area contributed by atoms with E-state index in [-0.39, 0.29) is 9.77 Å². The summed E-state index contributed by atoms with van der Waals surface area (Å²) in [4.78, 5) is 16.5. The minimum absolute atomic E-state index is 0.0123. The minimum atomic E-state index is -3.78. The van der Waals surface area contributed by atoms with E-state index in [1.54, 1.807) is 17.3 Å². The Morgan fingerprint density at radius 2 is 1.95 bits per heavy atom. The highest BCUT2D eigenvalue weighted by molar-refractivity contribution is 7.89. The molecule has 0 radical (unpaired) electrons. The van der Waals surface area contributed by atoms with Crippen molar-refractivity contribution >= 4 is 27.3 Å². The molecule has 1 aromatic rings. The van der Waals surface area contributed by atoms with E-state index in [1.807, 2.05) is 7.05 Å². The van der Waals surface area contributed by atoms with Gasteiger partial charge in [0.15, 0.2) is 0 Å². The van der Waals surface area contributed by atoms with Gasteiger partial charge < -0.3 is 9.64 Å². The molecule has 1 aliphatic heterocycles. The van der Waals surface area contributed by atoms with Gasteiger partial charge in [-0.2, -0.15) is 0 Å². The van der Waals surface area contributed by atoms with Gasteiger partial charge in [-0.15, -0.1) is 16.2 Å². The van der Waals surface area contributed by atoms with Crippen LogP contribution in [0.5, 0.6) is 0 Å². The first-order valence-electron chi connectivity index (χ1n) is 6.47. The lowest BCUT2D eigenvalue weighted by Gasteiger charge is -2.32. The van der Waals surface area contributed by atoms with Gasteiger partial charge in [-0.1, -0.05) is 0 Å². The van der Waals surface area contributed by atoms with Crippen LogP contribution in [0.1, 0.15) is 15.2 Å². The second-order valence-corrected chi connectivity index (χ2v) is 7.43. The van der Waals surface area contributed by atoms with Crippen LogP contribution in [0.3, 0.4) is 0 Å². The van der Waals surface area contributed by atoms with Gasteiger partial charge in [0.1, 0.15) is 9.77 Å². The molecule has 2 rings (SSSR count). The van der Waals surface area contributed by atoms with Crippen LogP contribution in [0.4, 0.5) is 0 Å². The van der Waals surface area contributed by atoms with Crippen LogP contribution in [0.25, 0.3) is 0 Å². The quantitative estimate of drug-likeness (QED) is 0.798. The summed E-state index contributed by atoms with van der Waals surface area (Å²) in [7, 11) is -0.555. The Labute approximate surface area is 128 Å². The number of carbonyl (C=O) groups is 1. The molecule has 1 N–H and O–H groups in total. The van der Waals surface area contributed by atoms with Crippen LogP contribution >= 0.6 is 11.3 Å². The largest absolute Gasteiger partial charge is 0.465 e. The van der Waals surface area contributed by atoms with Crippen molar-refractivity contribution in [2.24, 2.45) is 0 Å². The average molecular weight is 333 g/mol. The van der Waals surface area contributed by atoms with Gasteiger partial charge in [-0.05, 0) is 24.9 Å². The molecule has 0 saturated carbocycles. The number of aryl methyl sites for hydroxylation is 1. The maximum atomic E-state index is 12.5. The van der Waals surface area contributed by atoms with Gasteiger partial charge in [-0.3, -0.25) is 0 Å². The smallest absolute Gasteiger partial charge is 0.349 e. The standard InChI is InChI=1S/C12H19N3O4S2/c1-9-8-20-10(12(16)19-3)11(9)21(17,18)13-15-6-4-14(2)5-7-15/h8,13H,4-7H2,1-3H3. The van der Waals surface area contributed by atoms with Crippen molar-refractivity contribution in [3.63, 3.8) is 0 Å². The summed E-state index contributed by atoms with van der Waals surface area (Å²) in [5.74, 6) is -0.633. The maximum Gasteiger partial charge on any atom is 0.349 e. The number of hydrazine groups is 1. The van der Waals surface area contributed by atoms with E-state index < -0.39 is 16.0 Å². The molecular formula is C12H19N3O4S2. The number of nitrogens with zero attached hydrogens (tertiary/aromatic N) is 2. The first-order chi connectivity index (χ1) is 9.85. The third-order valence-electron chi connectivity index (χ3n) is 3.31. The number of methoxy groups -OCH3 is 1. The Morgan fingerprint density at radius 1 is 1.33 bits per heavy atom. The molecule has 0 atom stereocenters. The summed E-state index contributed by atoms with van der Waals surface area (Å²) in [6, 6.07) is 0. The summed E-state index contributed by atoms with van der Waals surface area (Å²) in [6.07, 6.45) is 0. The number of hydrogen-bond acceptors (Lipinski definition) is 7. The monoisotopic (exact) mass is 333 g/mol. The summed E-state index contributed by atoms with van der Waals surface area (Å²) >= 11 is 1.08. The molecule has 7 nitrogen and oxygen atoms in total. The third kappa shape index (κ3) is 3.61. The topological polar surface area (TPSA) is 78.9 Å². The number of piperazine rings is 1. The van der Waals surface area contributed by atoms with Gasteiger partial charge in [0, 0.05) is 26.2 Å². The molecule has 1 aliphatic rings. The van der Waals surface area contributed by atoms with Gasteiger partial charge in [0.05, 0.1) is 7.11 Å². The Morgan fingerprint density at radius 3 is 2.52 bits per heavy atom. The Kier molecular flexibility index (Phi) is 4.99. The second kappa shape index (κ2) is 6.41. The van der Waals surface area contributed by atoms with Crippen molar-refractivity contribution in [1.29, 1.82) is 0 Å². The second-order valence-electron chi connectivity index (χ2n) is 4.95. The number of thiophene rings is 1. The molecule has 0 spiro atoms. The van der Waals surface area contributed by atoms with Gasteiger partial charge in [0.2, 0.25) is 0 Å². The fourth-order valence-corrected chi connectivity index (χ4v) is 4.95. The van der Waals surface area contributed by atoms with Crippen LogP contribution in [0.15, 0.2) is 10.3 Å². The summed E-state index contributed by atoms with van der Waals surface area (Å²) in [6.45, 7) is 4.45. The highest BCUT2D eigenvalue weighted by Crippen LogP contribution is 2.27. The number of rotatable bonds is 4. The van der Waals surface area contributed by atoms with Crippen molar-refractivity contribution in [2.75, 3.05) is 40.3 Å². The summed E-state index contributed by atoms with van der Waals surface area (Å²) in [5.41, 5.74) is 0.544. The molecular weight excluding hydrogens is 314 g/mol. The number of hydrogen-bond donors (Lipinski definition) is 1. The number of nitrogens with one attached hydrogen (secondary N) is 1. The molecule has 1 fully saturated rings. The fraction of sp³-hybridized carbons (Fsp3) is 0.583. The van der Waals surface area contributed by atoms with Crippen molar-refractivity contribution in [2.45, 2.75) is 11.8 Å². The van der Waals surface area contributed by atoms with E-state index in [2.05, 4.69) is 14.5 Å². The molecule has 1 aromatic heterocycles. The molecule has 2 heterocycles. The van der Waals surface area contributed by atoms with Crippen molar-refractivity contribution in [3.8, 4) is 0 Å². The zero-order chi connectivity index (χ0) is 15.6. The highest BCUT2D eigenvalue weighted by atomic mass is 32.2. The van der Waals surface area contributed by atoms with Gasteiger partial charge in [-0.25, -0.2) is 18.2 Å². The highest BCUT2D eigenvalue weighted by Gasteiger charge is 2.29. The molecule has 0 unspecified atom stereocenters. The molecule has 118 valence electrons. The normalized spacial score (nSPS) is 17.9. The number of likely N-dealkylation sites (N-methyl/N-ethyl adjacent to an activating group) is 1. The van der Waals surface area contributed by atoms with Crippen molar-refractivity contribution in [3.05, 3.63) is 15.8 Å². The van der Waals surface area contributed by atoms with Crippen LogP contribution in [-0.4, -0.2) is 64.6 Å². The first kappa shape index (κ1) is 16.4. The van der Waals surface area contributed by atoms with E-state index in [4.69, 9.17) is 0 Å².